The second kappa shape index (κ2) is 5.05. The van der Waals surface area contributed by atoms with Gasteiger partial charge in [-0.25, -0.2) is 9.78 Å². The number of nitrogens with one attached hydrogen (secondary N) is 1. The monoisotopic (exact) mass is 250 g/mol. The molecule has 0 spiro atoms. The molecule has 0 radical (unpaired) electrons. The van der Waals surface area contributed by atoms with Crippen LogP contribution in [0.5, 0.6) is 0 Å². The molecule has 96 valence electrons. The lowest BCUT2D eigenvalue weighted by molar-refractivity contribution is 0.0659. The van der Waals surface area contributed by atoms with Gasteiger partial charge in [0.15, 0.2) is 0 Å². The van der Waals surface area contributed by atoms with Crippen LogP contribution in [0.4, 0.5) is 0 Å². The third-order valence-corrected chi connectivity index (χ3v) is 2.49. The second-order valence-corrected chi connectivity index (χ2v) is 3.97. The predicted octanol–water partition coefficient (Wildman–Crippen LogP) is 2.13. The molecule has 2 rings (SSSR count). The molecule has 2 aromatic heterocycles. The average molecular weight is 250 g/mol. The fraction of sp³-hybridized carbons (Fsp3) is 0.333. The quantitative estimate of drug-likeness (QED) is 0.845. The Labute approximate surface area is 104 Å². The Morgan fingerprint density at radius 1 is 1.50 bits per heavy atom. The standard InChI is InChI=1S/C12H14N2O4/c1-7-5-14-11(17-7)6-13-8(2)9-3-4-10(18-9)12(15)16/h3-5,8,13H,6H2,1-2H3,(H,15,16). The number of carbonyl (C=O) groups is 1. The van der Waals surface area contributed by atoms with Gasteiger partial charge in [0.25, 0.3) is 0 Å². The van der Waals surface area contributed by atoms with Gasteiger partial charge in [-0.15, -0.1) is 0 Å². The number of furan rings is 1. The molecule has 2 heterocycles. The van der Waals surface area contributed by atoms with E-state index in [1.54, 1.807) is 12.3 Å². The van der Waals surface area contributed by atoms with E-state index in [-0.39, 0.29) is 11.8 Å². The maximum Gasteiger partial charge on any atom is 0.371 e. The predicted molar refractivity (Wildman–Crippen MR) is 62.2 cm³/mol. The molecule has 6 heteroatoms. The highest BCUT2D eigenvalue weighted by Gasteiger charge is 2.14. The van der Waals surface area contributed by atoms with Crippen LogP contribution in [0.3, 0.4) is 0 Å². The Morgan fingerprint density at radius 2 is 2.28 bits per heavy atom. The van der Waals surface area contributed by atoms with Crippen molar-refractivity contribution in [3.63, 3.8) is 0 Å². The fourth-order valence-electron chi connectivity index (χ4n) is 1.52. The summed E-state index contributed by atoms with van der Waals surface area (Å²) in [5.41, 5.74) is 0. The van der Waals surface area contributed by atoms with E-state index < -0.39 is 5.97 Å². The number of aromatic nitrogens is 1. The summed E-state index contributed by atoms with van der Waals surface area (Å²) < 4.78 is 10.5. The van der Waals surface area contributed by atoms with E-state index in [0.29, 0.717) is 18.2 Å². The van der Waals surface area contributed by atoms with Crippen LogP contribution in [-0.2, 0) is 6.54 Å². The van der Waals surface area contributed by atoms with Crippen molar-refractivity contribution in [3.05, 3.63) is 41.5 Å². The first-order valence-electron chi connectivity index (χ1n) is 5.54. The largest absolute Gasteiger partial charge is 0.475 e. The summed E-state index contributed by atoms with van der Waals surface area (Å²) in [5, 5.41) is 11.9. The zero-order chi connectivity index (χ0) is 13.1. The van der Waals surface area contributed by atoms with Crippen LogP contribution in [0.2, 0.25) is 0 Å². The molecular formula is C12H14N2O4. The third kappa shape index (κ3) is 2.78. The summed E-state index contributed by atoms with van der Waals surface area (Å²) in [6.45, 7) is 4.16. The van der Waals surface area contributed by atoms with Crippen LogP contribution in [0.15, 0.2) is 27.2 Å². The summed E-state index contributed by atoms with van der Waals surface area (Å²) in [5.74, 6) is 0.771. The zero-order valence-corrected chi connectivity index (χ0v) is 10.1. The number of aromatic carboxylic acids is 1. The lowest BCUT2D eigenvalue weighted by atomic mass is 10.2. The van der Waals surface area contributed by atoms with E-state index in [9.17, 15) is 4.79 Å². The molecule has 0 bridgehead atoms. The number of carboxylic acids is 1. The zero-order valence-electron chi connectivity index (χ0n) is 10.1. The Kier molecular flexibility index (Phi) is 3.47. The fourth-order valence-corrected chi connectivity index (χ4v) is 1.52. The minimum atomic E-state index is -1.07. The van der Waals surface area contributed by atoms with Crippen molar-refractivity contribution in [1.82, 2.24) is 10.3 Å². The van der Waals surface area contributed by atoms with Crippen molar-refractivity contribution in [2.45, 2.75) is 26.4 Å². The molecule has 0 saturated carbocycles. The average Bonchev–Trinajstić information content (AvgIpc) is 2.94. The number of hydrogen-bond donors (Lipinski definition) is 2. The number of hydrogen-bond acceptors (Lipinski definition) is 5. The maximum atomic E-state index is 10.7. The van der Waals surface area contributed by atoms with Gasteiger partial charge in [-0.3, -0.25) is 5.32 Å². The van der Waals surface area contributed by atoms with Gasteiger partial charge in [-0.05, 0) is 26.0 Å². The molecule has 2 N–H and O–H groups in total. The molecule has 0 aliphatic rings. The highest BCUT2D eigenvalue weighted by Crippen LogP contribution is 2.16. The molecule has 0 fully saturated rings. The number of rotatable bonds is 5. The molecule has 18 heavy (non-hydrogen) atoms. The minimum Gasteiger partial charge on any atom is -0.475 e. The van der Waals surface area contributed by atoms with Gasteiger partial charge in [0.05, 0.1) is 18.8 Å². The van der Waals surface area contributed by atoms with E-state index in [1.807, 2.05) is 13.8 Å². The van der Waals surface area contributed by atoms with E-state index in [0.717, 1.165) is 5.76 Å². The van der Waals surface area contributed by atoms with Crippen molar-refractivity contribution in [1.29, 1.82) is 0 Å². The lowest BCUT2D eigenvalue weighted by Crippen LogP contribution is -2.17. The molecule has 0 amide bonds. The van der Waals surface area contributed by atoms with Crippen LogP contribution in [0.25, 0.3) is 0 Å². The molecule has 0 aliphatic heterocycles. The minimum absolute atomic E-state index is 0.0642. The summed E-state index contributed by atoms with van der Waals surface area (Å²) in [7, 11) is 0. The van der Waals surface area contributed by atoms with Crippen LogP contribution < -0.4 is 5.32 Å². The summed E-state index contributed by atoms with van der Waals surface area (Å²) in [4.78, 5) is 14.7. The third-order valence-electron chi connectivity index (χ3n) is 2.49. The van der Waals surface area contributed by atoms with Crippen LogP contribution in [-0.4, -0.2) is 16.1 Å². The Balaban J connectivity index is 1.94. The van der Waals surface area contributed by atoms with Gasteiger partial charge in [0.1, 0.15) is 11.5 Å². The van der Waals surface area contributed by atoms with Gasteiger partial charge in [0.2, 0.25) is 11.7 Å². The van der Waals surface area contributed by atoms with Crippen molar-refractivity contribution in [2.75, 3.05) is 0 Å². The first-order valence-corrected chi connectivity index (χ1v) is 5.54. The van der Waals surface area contributed by atoms with E-state index in [1.165, 1.54) is 6.07 Å². The number of carboxylic acid groups (broad SMARTS) is 1. The molecule has 1 atom stereocenters. The smallest absolute Gasteiger partial charge is 0.371 e. The van der Waals surface area contributed by atoms with Crippen LogP contribution in [0.1, 0.15) is 40.9 Å². The van der Waals surface area contributed by atoms with Gasteiger partial charge in [-0.2, -0.15) is 0 Å². The van der Waals surface area contributed by atoms with Crippen molar-refractivity contribution >= 4 is 5.97 Å². The molecule has 1 unspecified atom stereocenters. The molecule has 0 aromatic carbocycles. The van der Waals surface area contributed by atoms with Crippen molar-refractivity contribution in [2.24, 2.45) is 0 Å². The molecule has 0 aliphatic carbocycles. The maximum absolute atomic E-state index is 10.7. The van der Waals surface area contributed by atoms with E-state index in [2.05, 4.69) is 10.3 Å². The first-order chi connectivity index (χ1) is 8.56. The number of aryl methyl sites for hydroxylation is 1. The van der Waals surface area contributed by atoms with Gasteiger partial charge >= 0.3 is 5.97 Å². The summed E-state index contributed by atoms with van der Waals surface area (Å²) in [6, 6.07) is 2.96. The van der Waals surface area contributed by atoms with Crippen LogP contribution >= 0.6 is 0 Å². The highest BCUT2D eigenvalue weighted by molar-refractivity contribution is 5.84. The van der Waals surface area contributed by atoms with E-state index >= 15 is 0 Å². The molecular weight excluding hydrogens is 236 g/mol. The van der Waals surface area contributed by atoms with E-state index in [4.69, 9.17) is 13.9 Å². The summed E-state index contributed by atoms with van der Waals surface area (Å²) in [6.07, 6.45) is 1.65. The van der Waals surface area contributed by atoms with Gasteiger partial charge in [-0.1, -0.05) is 0 Å². The molecule has 2 aromatic rings. The van der Waals surface area contributed by atoms with Gasteiger partial charge in [0, 0.05) is 0 Å². The second-order valence-electron chi connectivity index (χ2n) is 3.97. The summed E-state index contributed by atoms with van der Waals surface area (Å²) >= 11 is 0. The number of nitrogens with zero attached hydrogens (tertiary/aromatic N) is 1. The van der Waals surface area contributed by atoms with Crippen molar-refractivity contribution in [3.8, 4) is 0 Å². The van der Waals surface area contributed by atoms with Crippen LogP contribution in [0, 0.1) is 6.92 Å². The number of oxazole rings is 1. The topological polar surface area (TPSA) is 88.5 Å². The van der Waals surface area contributed by atoms with Crippen molar-refractivity contribution < 1.29 is 18.7 Å². The first kappa shape index (κ1) is 12.4. The normalized spacial score (nSPS) is 12.6. The SMILES string of the molecule is Cc1cnc(CNC(C)c2ccc(C(=O)O)o2)o1. The Bertz CT molecular complexity index is 544. The highest BCUT2D eigenvalue weighted by atomic mass is 16.4. The van der Waals surface area contributed by atoms with Gasteiger partial charge < -0.3 is 13.9 Å². The Morgan fingerprint density at radius 3 is 2.83 bits per heavy atom. The lowest BCUT2D eigenvalue weighted by Gasteiger charge is -2.08. The molecule has 0 saturated heterocycles. The molecule has 6 nitrogen and oxygen atoms in total. The Hall–Kier alpha value is -2.08.